The molecule has 0 heterocycles. The summed E-state index contributed by atoms with van der Waals surface area (Å²) in [5, 5.41) is 12.6. The average molecular weight is 317 g/mol. The number of anilines is 1. The van der Waals surface area contributed by atoms with E-state index in [1.807, 2.05) is 5.32 Å². The summed E-state index contributed by atoms with van der Waals surface area (Å²) in [7, 11) is 0. The minimum atomic E-state index is -0.942. The molecule has 1 rings (SSSR count). The minimum absolute atomic E-state index is 0.00566. The Morgan fingerprint density at radius 2 is 1.86 bits per heavy atom. The van der Waals surface area contributed by atoms with Crippen molar-refractivity contribution in [2.45, 2.75) is 25.7 Å². The molecule has 0 aliphatic carbocycles. The lowest BCUT2D eigenvalue weighted by Gasteiger charge is -2.09. The third-order valence-electron chi connectivity index (χ3n) is 2.50. The van der Waals surface area contributed by atoms with E-state index in [0.717, 1.165) is 6.07 Å². The van der Waals surface area contributed by atoms with E-state index in [4.69, 9.17) is 16.7 Å². The second-order valence-electron chi connectivity index (χ2n) is 4.20. The number of carbonyl (C=O) groups is 3. The fraction of sp³-hybridized carbons (Fsp3) is 0.308. The first-order valence-corrected chi connectivity index (χ1v) is 6.54. The molecule has 0 saturated carbocycles. The van der Waals surface area contributed by atoms with Gasteiger partial charge in [0.25, 0.3) is 0 Å². The third-order valence-corrected chi connectivity index (χ3v) is 2.81. The highest BCUT2D eigenvalue weighted by atomic mass is 35.5. The molecule has 3 N–H and O–H groups in total. The van der Waals surface area contributed by atoms with Gasteiger partial charge in [-0.3, -0.25) is 14.9 Å². The van der Waals surface area contributed by atoms with Crippen molar-refractivity contribution in [1.82, 2.24) is 5.32 Å². The fourth-order valence-electron chi connectivity index (χ4n) is 1.51. The van der Waals surface area contributed by atoms with Gasteiger partial charge in [0, 0.05) is 12.8 Å². The number of imide groups is 1. The van der Waals surface area contributed by atoms with Crippen molar-refractivity contribution in [2.24, 2.45) is 0 Å². The second-order valence-corrected chi connectivity index (χ2v) is 4.61. The quantitative estimate of drug-likeness (QED) is 0.703. The molecule has 0 saturated heterocycles. The molecule has 114 valence electrons. The Kier molecular flexibility index (Phi) is 6.61. The predicted octanol–water partition coefficient (Wildman–Crippen LogP) is 2.77. The zero-order valence-electron chi connectivity index (χ0n) is 11.0. The summed E-state index contributed by atoms with van der Waals surface area (Å²) in [4.78, 5) is 33.2. The van der Waals surface area contributed by atoms with Gasteiger partial charge in [-0.1, -0.05) is 17.7 Å². The highest BCUT2D eigenvalue weighted by molar-refractivity contribution is 6.33. The SMILES string of the molecule is O=C(O)CCCCC(=O)NC(=O)Nc1c(F)cccc1Cl. The molecule has 0 aliphatic heterocycles. The van der Waals surface area contributed by atoms with Crippen LogP contribution in [0.15, 0.2) is 18.2 Å². The molecule has 0 fully saturated rings. The molecule has 0 aromatic heterocycles. The lowest BCUT2D eigenvalue weighted by Crippen LogP contribution is -2.34. The lowest BCUT2D eigenvalue weighted by atomic mass is 10.2. The van der Waals surface area contributed by atoms with E-state index in [1.54, 1.807) is 0 Å². The van der Waals surface area contributed by atoms with Crippen LogP contribution in [0.4, 0.5) is 14.9 Å². The zero-order valence-corrected chi connectivity index (χ0v) is 11.7. The number of nitrogens with one attached hydrogen (secondary N) is 2. The maximum atomic E-state index is 13.4. The topological polar surface area (TPSA) is 95.5 Å². The van der Waals surface area contributed by atoms with Gasteiger partial charge in [0.15, 0.2) is 0 Å². The molecule has 8 heteroatoms. The number of carbonyl (C=O) groups excluding carboxylic acids is 2. The first-order chi connectivity index (χ1) is 9.90. The molecular weight excluding hydrogens is 303 g/mol. The van der Waals surface area contributed by atoms with Crippen molar-refractivity contribution < 1.29 is 23.9 Å². The molecule has 6 nitrogen and oxygen atoms in total. The largest absolute Gasteiger partial charge is 0.481 e. The minimum Gasteiger partial charge on any atom is -0.481 e. The van der Waals surface area contributed by atoms with E-state index < -0.39 is 23.7 Å². The number of hydrogen-bond acceptors (Lipinski definition) is 3. The number of amides is 3. The van der Waals surface area contributed by atoms with Crippen LogP contribution in [0, 0.1) is 5.82 Å². The number of carboxylic acids is 1. The van der Waals surface area contributed by atoms with Gasteiger partial charge in [-0.2, -0.15) is 0 Å². The normalized spacial score (nSPS) is 10.0. The molecule has 21 heavy (non-hydrogen) atoms. The first kappa shape index (κ1) is 16.9. The summed E-state index contributed by atoms with van der Waals surface area (Å²) in [6.07, 6.45) is 0.644. The molecule has 0 atom stereocenters. The van der Waals surface area contributed by atoms with Crippen LogP contribution in [0.3, 0.4) is 0 Å². The number of para-hydroxylation sites is 1. The standard InChI is InChI=1S/C13H14ClFN2O4/c14-8-4-3-5-9(15)12(8)17-13(21)16-10(18)6-1-2-7-11(19)20/h3-5H,1-2,6-7H2,(H,19,20)(H2,16,17,18,21). The number of carboxylic acid groups (broad SMARTS) is 1. The van der Waals surface area contributed by atoms with E-state index >= 15 is 0 Å². The fourth-order valence-corrected chi connectivity index (χ4v) is 1.72. The smallest absolute Gasteiger partial charge is 0.326 e. The second kappa shape index (κ2) is 8.21. The van der Waals surface area contributed by atoms with E-state index in [1.165, 1.54) is 12.1 Å². The van der Waals surface area contributed by atoms with E-state index in [9.17, 15) is 18.8 Å². The molecule has 0 radical (unpaired) electrons. The maximum absolute atomic E-state index is 13.4. The highest BCUT2D eigenvalue weighted by Crippen LogP contribution is 2.24. The first-order valence-electron chi connectivity index (χ1n) is 6.17. The van der Waals surface area contributed by atoms with Crippen LogP contribution in [-0.2, 0) is 9.59 Å². The lowest BCUT2D eigenvalue weighted by molar-refractivity contribution is -0.137. The molecule has 0 unspecified atom stereocenters. The summed E-state index contributed by atoms with van der Waals surface area (Å²) >= 11 is 5.72. The third kappa shape index (κ3) is 6.22. The van der Waals surface area contributed by atoms with Crippen molar-refractivity contribution >= 4 is 35.2 Å². The molecule has 3 amide bonds. The number of rotatable bonds is 6. The monoisotopic (exact) mass is 316 g/mol. The Labute approximate surface area is 125 Å². The van der Waals surface area contributed by atoms with Crippen LogP contribution < -0.4 is 10.6 Å². The Balaban J connectivity index is 2.40. The van der Waals surface area contributed by atoms with E-state index in [2.05, 4.69) is 5.32 Å². The van der Waals surface area contributed by atoms with Gasteiger partial charge in [0.2, 0.25) is 5.91 Å². The van der Waals surface area contributed by atoms with Crippen LogP contribution in [0.1, 0.15) is 25.7 Å². The van der Waals surface area contributed by atoms with Gasteiger partial charge in [-0.25, -0.2) is 9.18 Å². The van der Waals surface area contributed by atoms with Crippen molar-refractivity contribution in [3.63, 3.8) is 0 Å². The van der Waals surface area contributed by atoms with Crippen LogP contribution in [0.25, 0.3) is 0 Å². The Morgan fingerprint density at radius 1 is 1.19 bits per heavy atom. The van der Waals surface area contributed by atoms with Crippen LogP contribution in [0.2, 0.25) is 5.02 Å². The van der Waals surface area contributed by atoms with Gasteiger partial charge in [-0.15, -0.1) is 0 Å². The number of hydrogen-bond donors (Lipinski definition) is 3. The number of unbranched alkanes of at least 4 members (excludes halogenated alkanes) is 1. The Hall–Kier alpha value is -2.15. The van der Waals surface area contributed by atoms with Crippen molar-refractivity contribution in [1.29, 1.82) is 0 Å². The maximum Gasteiger partial charge on any atom is 0.326 e. The molecule has 0 aliphatic rings. The number of halogens is 2. The summed E-state index contributed by atoms with van der Waals surface area (Å²) in [5.74, 6) is -2.24. The van der Waals surface area contributed by atoms with Gasteiger partial charge in [0.1, 0.15) is 5.82 Å². The Morgan fingerprint density at radius 3 is 2.48 bits per heavy atom. The van der Waals surface area contributed by atoms with Crippen LogP contribution >= 0.6 is 11.6 Å². The molecule has 0 spiro atoms. The van der Waals surface area contributed by atoms with Crippen molar-refractivity contribution in [2.75, 3.05) is 5.32 Å². The van der Waals surface area contributed by atoms with Gasteiger partial charge < -0.3 is 10.4 Å². The van der Waals surface area contributed by atoms with Crippen molar-refractivity contribution in [3.8, 4) is 0 Å². The summed E-state index contributed by atoms with van der Waals surface area (Å²) in [6, 6.07) is 3.00. The average Bonchev–Trinajstić information content (AvgIpc) is 2.39. The molecule has 0 bridgehead atoms. The van der Waals surface area contributed by atoms with Crippen molar-refractivity contribution in [3.05, 3.63) is 29.0 Å². The zero-order chi connectivity index (χ0) is 15.8. The molecule has 1 aromatic carbocycles. The van der Waals surface area contributed by atoms with Gasteiger partial charge >= 0.3 is 12.0 Å². The van der Waals surface area contributed by atoms with Crippen LogP contribution in [-0.4, -0.2) is 23.0 Å². The van der Waals surface area contributed by atoms with E-state index in [0.29, 0.717) is 12.8 Å². The van der Waals surface area contributed by atoms with Gasteiger partial charge in [-0.05, 0) is 25.0 Å². The highest BCUT2D eigenvalue weighted by Gasteiger charge is 2.12. The summed E-state index contributed by atoms with van der Waals surface area (Å²) < 4.78 is 13.4. The summed E-state index contributed by atoms with van der Waals surface area (Å²) in [5.41, 5.74) is -0.213. The predicted molar refractivity (Wildman–Crippen MR) is 74.7 cm³/mol. The Bertz CT molecular complexity index is 531. The number of aliphatic carboxylic acids is 1. The molecular formula is C13H14ClFN2O4. The van der Waals surface area contributed by atoms with Gasteiger partial charge in [0.05, 0.1) is 10.7 Å². The number of benzene rings is 1. The van der Waals surface area contributed by atoms with Crippen LogP contribution in [0.5, 0.6) is 0 Å². The summed E-state index contributed by atoms with van der Waals surface area (Å²) in [6.45, 7) is 0. The number of urea groups is 1. The molecule has 1 aromatic rings. The van der Waals surface area contributed by atoms with E-state index in [-0.39, 0.29) is 23.6 Å².